The lowest BCUT2D eigenvalue weighted by Gasteiger charge is -2.26. The Hall–Kier alpha value is -4.33. The Labute approximate surface area is 197 Å². The minimum atomic E-state index is -0.897. The summed E-state index contributed by atoms with van der Waals surface area (Å²) in [6.45, 7) is 2.24. The monoisotopic (exact) mass is 460 g/mol. The highest BCUT2D eigenvalue weighted by atomic mass is 16.5. The maximum absolute atomic E-state index is 13.3. The van der Waals surface area contributed by atoms with E-state index in [1.807, 2.05) is 6.92 Å². The Kier molecular flexibility index (Phi) is 6.49. The summed E-state index contributed by atoms with van der Waals surface area (Å²) in [5.74, 6) is -0.233. The van der Waals surface area contributed by atoms with Gasteiger partial charge in [0.1, 0.15) is 11.5 Å². The van der Waals surface area contributed by atoms with Gasteiger partial charge < -0.3 is 19.3 Å². The molecule has 4 rings (SSSR count). The number of ketones is 1. The van der Waals surface area contributed by atoms with Crippen molar-refractivity contribution in [3.63, 3.8) is 0 Å². The lowest BCUT2D eigenvalue weighted by molar-refractivity contribution is -0.132. The summed E-state index contributed by atoms with van der Waals surface area (Å²) < 4.78 is 16.3. The van der Waals surface area contributed by atoms with Crippen LogP contribution in [-0.2, 0) is 9.59 Å². The van der Waals surface area contributed by atoms with Crippen LogP contribution in [0.2, 0.25) is 0 Å². The summed E-state index contributed by atoms with van der Waals surface area (Å²) in [5.41, 5.74) is 1.41. The Morgan fingerprint density at radius 3 is 2.29 bits per heavy atom. The fourth-order valence-electron chi connectivity index (χ4n) is 3.95. The van der Waals surface area contributed by atoms with Crippen LogP contribution in [0.1, 0.15) is 24.1 Å². The molecule has 1 aliphatic rings. The molecule has 0 saturated carbocycles. The summed E-state index contributed by atoms with van der Waals surface area (Å²) in [4.78, 5) is 31.8. The number of aromatic nitrogens is 1. The van der Waals surface area contributed by atoms with E-state index in [4.69, 9.17) is 14.2 Å². The van der Waals surface area contributed by atoms with Gasteiger partial charge in [-0.2, -0.15) is 0 Å². The molecule has 174 valence electrons. The van der Waals surface area contributed by atoms with Crippen molar-refractivity contribution in [1.29, 1.82) is 0 Å². The fraction of sp³-hybridized carbons (Fsp3) is 0.192. The Bertz CT molecular complexity index is 1240. The van der Waals surface area contributed by atoms with Crippen LogP contribution in [-0.4, -0.2) is 42.6 Å². The van der Waals surface area contributed by atoms with E-state index >= 15 is 0 Å². The van der Waals surface area contributed by atoms with Crippen molar-refractivity contribution in [3.8, 4) is 17.2 Å². The predicted octanol–water partition coefficient (Wildman–Crippen LogP) is 4.12. The molecule has 1 N–H and O–H groups in total. The first kappa shape index (κ1) is 22.8. The average Bonchev–Trinajstić information content (AvgIpc) is 3.14. The van der Waals surface area contributed by atoms with Gasteiger partial charge in [-0.1, -0.05) is 6.07 Å². The minimum absolute atomic E-state index is 0.0281. The third kappa shape index (κ3) is 4.05. The van der Waals surface area contributed by atoms with Crippen LogP contribution in [0.5, 0.6) is 17.2 Å². The highest BCUT2D eigenvalue weighted by molar-refractivity contribution is 6.51. The van der Waals surface area contributed by atoms with Gasteiger partial charge in [0.25, 0.3) is 11.7 Å². The number of carbonyl (C=O) groups excluding carboxylic acids is 2. The molecule has 2 aromatic carbocycles. The number of aliphatic hydroxyl groups excluding tert-OH is 1. The number of hydrogen-bond acceptors (Lipinski definition) is 7. The molecule has 34 heavy (non-hydrogen) atoms. The van der Waals surface area contributed by atoms with E-state index in [0.29, 0.717) is 40.7 Å². The first-order valence-corrected chi connectivity index (χ1v) is 10.7. The number of ether oxygens (including phenoxy) is 3. The van der Waals surface area contributed by atoms with E-state index in [-0.39, 0.29) is 11.3 Å². The van der Waals surface area contributed by atoms with Gasteiger partial charge in [-0.3, -0.25) is 19.5 Å². The molecule has 0 spiro atoms. The van der Waals surface area contributed by atoms with Crippen LogP contribution < -0.4 is 19.1 Å². The number of rotatable bonds is 7. The molecule has 8 heteroatoms. The molecule has 0 bridgehead atoms. The van der Waals surface area contributed by atoms with E-state index in [1.54, 1.807) is 61.7 Å². The SMILES string of the molecule is CCOc1cc(C2/C(=C(/O)c3ccncc3)C(=O)C(=O)N2c2ccc(OC)cc2)ccc1OC. The van der Waals surface area contributed by atoms with Gasteiger partial charge in [0.2, 0.25) is 0 Å². The number of aliphatic hydroxyl groups is 1. The van der Waals surface area contributed by atoms with E-state index in [0.717, 1.165) is 0 Å². The van der Waals surface area contributed by atoms with E-state index < -0.39 is 17.7 Å². The van der Waals surface area contributed by atoms with E-state index in [9.17, 15) is 14.7 Å². The Morgan fingerprint density at radius 2 is 1.68 bits per heavy atom. The van der Waals surface area contributed by atoms with Crippen LogP contribution >= 0.6 is 0 Å². The molecule has 1 atom stereocenters. The molecule has 1 aliphatic heterocycles. The molecule has 1 unspecified atom stereocenters. The summed E-state index contributed by atoms with van der Waals surface area (Å²) >= 11 is 0. The number of benzene rings is 2. The van der Waals surface area contributed by atoms with Crippen LogP contribution in [0.15, 0.2) is 72.6 Å². The zero-order valence-corrected chi connectivity index (χ0v) is 19.0. The minimum Gasteiger partial charge on any atom is -0.507 e. The molecular formula is C26H24N2O6. The van der Waals surface area contributed by atoms with Crippen molar-refractivity contribution in [1.82, 2.24) is 4.98 Å². The first-order chi connectivity index (χ1) is 16.5. The predicted molar refractivity (Wildman–Crippen MR) is 126 cm³/mol. The third-order valence-electron chi connectivity index (χ3n) is 5.55. The normalized spacial score (nSPS) is 17.0. The number of amides is 1. The van der Waals surface area contributed by atoms with Crippen LogP contribution in [0, 0.1) is 0 Å². The third-order valence-corrected chi connectivity index (χ3v) is 5.55. The number of anilines is 1. The second kappa shape index (κ2) is 9.66. The molecular weight excluding hydrogens is 436 g/mol. The summed E-state index contributed by atoms with van der Waals surface area (Å²) in [7, 11) is 3.08. The van der Waals surface area contributed by atoms with Crippen molar-refractivity contribution in [2.75, 3.05) is 25.7 Å². The quantitative estimate of drug-likeness (QED) is 0.322. The van der Waals surface area contributed by atoms with Gasteiger partial charge in [-0.25, -0.2) is 0 Å². The molecule has 8 nitrogen and oxygen atoms in total. The Balaban J connectivity index is 1.94. The lowest BCUT2D eigenvalue weighted by Crippen LogP contribution is -2.29. The molecule has 1 amide bonds. The van der Waals surface area contributed by atoms with Crippen molar-refractivity contribution < 1.29 is 28.9 Å². The zero-order chi connectivity index (χ0) is 24.2. The van der Waals surface area contributed by atoms with Crippen molar-refractivity contribution in [2.24, 2.45) is 0 Å². The molecule has 0 aliphatic carbocycles. The first-order valence-electron chi connectivity index (χ1n) is 10.7. The van der Waals surface area contributed by atoms with Crippen molar-refractivity contribution in [2.45, 2.75) is 13.0 Å². The molecule has 1 fully saturated rings. The summed E-state index contributed by atoms with van der Waals surface area (Å²) in [6, 6.07) is 14.2. The lowest BCUT2D eigenvalue weighted by atomic mass is 9.95. The number of carbonyl (C=O) groups is 2. The van der Waals surface area contributed by atoms with E-state index in [2.05, 4.69) is 4.98 Å². The number of Topliss-reactive ketones (excluding diaryl/α,β-unsaturated/α-hetero) is 1. The zero-order valence-electron chi connectivity index (χ0n) is 19.0. The van der Waals surface area contributed by atoms with E-state index in [1.165, 1.54) is 24.4 Å². The fourth-order valence-corrected chi connectivity index (χ4v) is 3.95. The second-order valence-electron chi connectivity index (χ2n) is 7.45. The number of nitrogens with zero attached hydrogens (tertiary/aromatic N) is 2. The maximum atomic E-state index is 13.3. The van der Waals surface area contributed by atoms with Gasteiger partial charge in [0.05, 0.1) is 32.4 Å². The van der Waals surface area contributed by atoms with Crippen LogP contribution in [0.25, 0.3) is 5.76 Å². The second-order valence-corrected chi connectivity index (χ2v) is 7.45. The number of hydrogen-bond donors (Lipinski definition) is 1. The Morgan fingerprint density at radius 1 is 0.971 bits per heavy atom. The van der Waals surface area contributed by atoms with Crippen molar-refractivity contribution >= 4 is 23.1 Å². The highest BCUT2D eigenvalue weighted by Gasteiger charge is 2.47. The summed E-state index contributed by atoms with van der Waals surface area (Å²) in [5, 5.41) is 11.1. The summed E-state index contributed by atoms with van der Waals surface area (Å²) in [6.07, 6.45) is 3.01. The van der Waals surface area contributed by atoms with Crippen molar-refractivity contribution in [3.05, 3.63) is 83.7 Å². The van der Waals surface area contributed by atoms with Gasteiger partial charge in [0.15, 0.2) is 11.5 Å². The van der Waals surface area contributed by atoms with Gasteiger partial charge in [-0.15, -0.1) is 0 Å². The smallest absolute Gasteiger partial charge is 0.300 e. The molecule has 2 heterocycles. The van der Waals surface area contributed by atoms with Crippen LogP contribution in [0.3, 0.4) is 0 Å². The maximum Gasteiger partial charge on any atom is 0.300 e. The average molecular weight is 460 g/mol. The largest absolute Gasteiger partial charge is 0.507 e. The standard InChI is InChI=1S/C26H24N2O6/c1-4-34-21-15-17(5-10-20(21)33-3)23-22(24(29)16-11-13-27-14-12-16)25(30)26(31)28(23)18-6-8-19(32-2)9-7-18/h5-15,23,29H,4H2,1-3H3/b24-22-. The molecule has 1 aromatic heterocycles. The molecule has 0 radical (unpaired) electrons. The number of methoxy groups -OCH3 is 2. The highest BCUT2D eigenvalue weighted by Crippen LogP contribution is 2.44. The molecule has 3 aromatic rings. The van der Waals surface area contributed by atoms with Gasteiger partial charge >= 0.3 is 0 Å². The number of pyridine rings is 1. The topological polar surface area (TPSA) is 98.2 Å². The van der Waals surface area contributed by atoms with Crippen LogP contribution in [0.4, 0.5) is 5.69 Å². The van der Waals surface area contributed by atoms with Gasteiger partial charge in [0, 0.05) is 23.6 Å². The van der Waals surface area contributed by atoms with Gasteiger partial charge in [-0.05, 0) is 61.0 Å². The molecule has 1 saturated heterocycles.